The van der Waals surface area contributed by atoms with Crippen LogP contribution in [0.1, 0.15) is 39.0 Å². The van der Waals surface area contributed by atoms with Crippen molar-refractivity contribution in [2.75, 3.05) is 12.4 Å². The Morgan fingerprint density at radius 1 is 1.21 bits per heavy atom. The molecular formula is C13H22F3NOS. The highest BCUT2D eigenvalue weighted by molar-refractivity contribution is 8.00. The first kappa shape index (κ1) is 15.4. The van der Waals surface area contributed by atoms with Crippen LogP contribution in [0.2, 0.25) is 0 Å². The Kier molecular flexibility index (Phi) is 5.43. The number of hydrogen-bond acceptors (Lipinski definition) is 3. The Balaban J connectivity index is 1.71. The van der Waals surface area contributed by atoms with Gasteiger partial charge in [-0.15, -0.1) is 0 Å². The van der Waals surface area contributed by atoms with Crippen molar-refractivity contribution in [2.45, 2.75) is 68.6 Å². The quantitative estimate of drug-likeness (QED) is 0.860. The van der Waals surface area contributed by atoms with Crippen LogP contribution in [0, 0.1) is 0 Å². The SMILES string of the molecule is CC1CC(NC2CCCC(OCC(F)(F)F)C2)CS1. The molecule has 0 aromatic rings. The van der Waals surface area contributed by atoms with E-state index in [1.165, 1.54) is 0 Å². The topological polar surface area (TPSA) is 21.3 Å². The van der Waals surface area contributed by atoms with Crippen molar-refractivity contribution in [3.8, 4) is 0 Å². The van der Waals surface area contributed by atoms with Gasteiger partial charge in [0.1, 0.15) is 6.61 Å². The molecule has 112 valence electrons. The molecule has 0 bridgehead atoms. The predicted octanol–water partition coefficient (Wildman–Crippen LogP) is 3.36. The lowest BCUT2D eigenvalue weighted by molar-refractivity contribution is -0.188. The first-order valence-electron chi connectivity index (χ1n) is 6.98. The molecule has 6 heteroatoms. The van der Waals surface area contributed by atoms with Gasteiger partial charge in [0.05, 0.1) is 6.10 Å². The number of halogens is 3. The summed E-state index contributed by atoms with van der Waals surface area (Å²) in [5.41, 5.74) is 0. The van der Waals surface area contributed by atoms with E-state index in [0.29, 0.717) is 23.8 Å². The molecule has 1 saturated heterocycles. The summed E-state index contributed by atoms with van der Waals surface area (Å²) in [7, 11) is 0. The van der Waals surface area contributed by atoms with Crippen molar-refractivity contribution in [3.05, 3.63) is 0 Å². The van der Waals surface area contributed by atoms with Gasteiger partial charge in [0.2, 0.25) is 0 Å². The molecule has 1 aliphatic carbocycles. The molecule has 1 N–H and O–H groups in total. The molecular weight excluding hydrogens is 275 g/mol. The fourth-order valence-corrected chi connectivity index (χ4v) is 4.09. The summed E-state index contributed by atoms with van der Waals surface area (Å²) in [6.07, 6.45) is 0.194. The van der Waals surface area contributed by atoms with Crippen molar-refractivity contribution in [3.63, 3.8) is 0 Å². The van der Waals surface area contributed by atoms with Gasteiger partial charge in [0.15, 0.2) is 0 Å². The third-order valence-electron chi connectivity index (χ3n) is 3.78. The van der Waals surface area contributed by atoms with Crippen molar-refractivity contribution in [2.24, 2.45) is 0 Å². The van der Waals surface area contributed by atoms with Crippen molar-refractivity contribution >= 4 is 11.8 Å². The second-order valence-electron chi connectivity index (χ2n) is 5.65. The summed E-state index contributed by atoms with van der Waals surface area (Å²) in [5.74, 6) is 1.12. The number of ether oxygens (including phenoxy) is 1. The third kappa shape index (κ3) is 5.52. The van der Waals surface area contributed by atoms with Gasteiger partial charge in [0.25, 0.3) is 0 Å². The second kappa shape index (κ2) is 6.68. The van der Waals surface area contributed by atoms with Crippen LogP contribution in [0.3, 0.4) is 0 Å². The lowest BCUT2D eigenvalue weighted by Crippen LogP contribution is -2.43. The van der Waals surface area contributed by atoms with E-state index < -0.39 is 12.8 Å². The van der Waals surface area contributed by atoms with Gasteiger partial charge in [-0.05, 0) is 32.1 Å². The van der Waals surface area contributed by atoms with Crippen LogP contribution in [0.15, 0.2) is 0 Å². The van der Waals surface area contributed by atoms with Gasteiger partial charge < -0.3 is 10.1 Å². The second-order valence-corrected chi connectivity index (χ2v) is 7.13. The maximum Gasteiger partial charge on any atom is 0.411 e. The van der Waals surface area contributed by atoms with Crippen LogP contribution < -0.4 is 5.32 Å². The monoisotopic (exact) mass is 297 g/mol. The number of rotatable bonds is 4. The molecule has 2 rings (SSSR count). The largest absolute Gasteiger partial charge is 0.411 e. The Morgan fingerprint density at radius 3 is 2.63 bits per heavy atom. The number of alkyl halides is 3. The Morgan fingerprint density at radius 2 is 2.00 bits per heavy atom. The smallest absolute Gasteiger partial charge is 0.369 e. The molecule has 19 heavy (non-hydrogen) atoms. The number of hydrogen-bond donors (Lipinski definition) is 1. The number of thioether (sulfide) groups is 1. The minimum Gasteiger partial charge on any atom is -0.369 e. The Bertz CT molecular complexity index is 288. The average molecular weight is 297 g/mol. The molecule has 1 aliphatic heterocycles. The summed E-state index contributed by atoms with van der Waals surface area (Å²) in [6, 6.07) is 0.842. The molecule has 0 amide bonds. The van der Waals surface area contributed by atoms with E-state index >= 15 is 0 Å². The van der Waals surface area contributed by atoms with Crippen LogP contribution in [0.5, 0.6) is 0 Å². The zero-order valence-corrected chi connectivity index (χ0v) is 12.0. The lowest BCUT2D eigenvalue weighted by atomic mass is 9.92. The van der Waals surface area contributed by atoms with Crippen LogP contribution in [-0.4, -0.2) is 42.0 Å². The minimum absolute atomic E-state index is 0.237. The summed E-state index contributed by atoms with van der Waals surface area (Å²) >= 11 is 1.97. The van der Waals surface area contributed by atoms with Crippen LogP contribution >= 0.6 is 11.8 Å². The zero-order valence-electron chi connectivity index (χ0n) is 11.2. The fraction of sp³-hybridized carbons (Fsp3) is 1.00. The zero-order chi connectivity index (χ0) is 13.9. The summed E-state index contributed by atoms with van der Waals surface area (Å²) in [4.78, 5) is 0. The highest BCUT2D eigenvalue weighted by Crippen LogP contribution is 2.29. The molecule has 2 aliphatic rings. The molecule has 1 heterocycles. The van der Waals surface area contributed by atoms with Crippen LogP contribution in [-0.2, 0) is 4.74 Å². The van der Waals surface area contributed by atoms with E-state index in [4.69, 9.17) is 4.74 Å². The summed E-state index contributed by atoms with van der Waals surface area (Å²) in [5, 5.41) is 4.29. The highest BCUT2D eigenvalue weighted by Gasteiger charge is 2.32. The number of nitrogens with one attached hydrogen (secondary N) is 1. The molecule has 4 unspecified atom stereocenters. The third-order valence-corrected chi connectivity index (χ3v) is 5.13. The normalized spacial score (nSPS) is 36.6. The van der Waals surface area contributed by atoms with Gasteiger partial charge in [-0.2, -0.15) is 24.9 Å². The predicted molar refractivity (Wildman–Crippen MR) is 71.5 cm³/mol. The van der Waals surface area contributed by atoms with E-state index in [1.54, 1.807) is 0 Å². The molecule has 0 aromatic carbocycles. The molecule has 2 nitrogen and oxygen atoms in total. The lowest BCUT2D eigenvalue weighted by Gasteiger charge is -2.32. The maximum atomic E-state index is 12.1. The van der Waals surface area contributed by atoms with Gasteiger partial charge >= 0.3 is 6.18 Å². The van der Waals surface area contributed by atoms with Crippen LogP contribution in [0.4, 0.5) is 13.2 Å². The molecule has 0 aromatic heterocycles. The molecule has 1 saturated carbocycles. The Labute approximate surface area is 116 Å². The van der Waals surface area contributed by atoms with Gasteiger partial charge in [-0.3, -0.25) is 0 Å². The molecule has 2 fully saturated rings. The first-order chi connectivity index (χ1) is 8.92. The van der Waals surface area contributed by atoms with Crippen molar-refractivity contribution < 1.29 is 17.9 Å². The van der Waals surface area contributed by atoms with E-state index in [0.717, 1.165) is 31.4 Å². The van der Waals surface area contributed by atoms with Crippen molar-refractivity contribution in [1.82, 2.24) is 5.32 Å². The average Bonchev–Trinajstić information content (AvgIpc) is 2.72. The van der Waals surface area contributed by atoms with Gasteiger partial charge in [0, 0.05) is 23.1 Å². The molecule has 4 atom stereocenters. The minimum atomic E-state index is -4.21. The summed E-state index contributed by atoms with van der Waals surface area (Å²) < 4.78 is 41.4. The maximum absolute atomic E-state index is 12.1. The van der Waals surface area contributed by atoms with E-state index in [-0.39, 0.29) is 6.10 Å². The van der Waals surface area contributed by atoms with Gasteiger partial charge in [-0.1, -0.05) is 6.92 Å². The van der Waals surface area contributed by atoms with E-state index in [1.807, 2.05) is 11.8 Å². The fourth-order valence-electron chi connectivity index (χ4n) is 2.93. The Hall–Kier alpha value is 0.0600. The summed E-state index contributed by atoms with van der Waals surface area (Å²) in [6.45, 7) is 1.11. The van der Waals surface area contributed by atoms with Gasteiger partial charge in [-0.25, -0.2) is 0 Å². The van der Waals surface area contributed by atoms with Crippen LogP contribution in [0.25, 0.3) is 0 Å². The van der Waals surface area contributed by atoms with E-state index in [9.17, 15) is 13.2 Å². The molecule has 0 radical (unpaired) electrons. The van der Waals surface area contributed by atoms with Crippen molar-refractivity contribution in [1.29, 1.82) is 0 Å². The highest BCUT2D eigenvalue weighted by atomic mass is 32.2. The first-order valence-corrected chi connectivity index (χ1v) is 8.03. The molecule has 0 spiro atoms. The van der Waals surface area contributed by atoms with E-state index in [2.05, 4.69) is 12.2 Å². The standard InChI is InChI=1S/C13H22F3NOS/c1-9-5-11(7-19-9)17-10-3-2-4-12(6-10)18-8-13(14,15)16/h9-12,17H,2-8H2,1H3.